The van der Waals surface area contributed by atoms with Crippen LogP contribution in [0.3, 0.4) is 0 Å². The number of nitrogens with one attached hydrogen (secondary N) is 2. The Balaban J connectivity index is 1.98. The highest BCUT2D eigenvalue weighted by atomic mass is 32.2. The Morgan fingerprint density at radius 3 is 2.21 bits per heavy atom. The van der Waals surface area contributed by atoms with Gasteiger partial charge < -0.3 is 10.6 Å². The zero-order valence-electron chi connectivity index (χ0n) is 17.2. The van der Waals surface area contributed by atoms with E-state index in [9.17, 15) is 18.0 Å². The van der Waals surface area contributed by atoms with Crippen LogP contribution in [0, 0.1) is 13.8 Å². The van der Waals surface area contributed by atoms with Crippen LogP contribution in [0.5, 0.6) is 0 Å². The third-order valence-corrected chi connectivity index (χ3v) is 5.60. The molecule has 0 aliphatic rings. The number of carbonyl (C=O) groups is 2. The van der Waals surface area contributed by atoms with Gasteiger partial charge in [0.15, 0.2) is 0 Å². The number of benzene rings is 2. The van der Waals surface area contributed by atoms with Crippen molar-refractivity contribution >= 4 is 38.9 Å². The highest BCUT2D eigenvalue weighted by Crippen LogP contribution is 2.22. The predicted octanol–water partition coefficient (Wildman–Crippen LogP) is 3.45. The van der Waals surface area contributed by atoms with E-state index in [0.29, 0.717) is 23.5 Å². The zero-order valence-corrected chi connectivity index (χ0v) is 18.0. The second-order valence-corrected chi connectivity index (χ2v) is 8.92. The van der Waals surface area contributed by atoms with Crippen LogP contribution in [0.15, 0.2) is 42.5 Å². The van der Waals surface area contributed by atoms with E-state index in [1.165, 1.54) is 11.2 Å². The Kier molecular flexibility index (Phi) is 7.39. The molecule has 2 aromatic carbocycles. The third-order valence-electron chi connectivity index (χ3n) is 4.41. The van der Waals surface area contributed by atoms with Crippen LogP contribution in [-0.4, -0.2) is 33.0 Å². The van der Waals surface area contributed by atoms with Crippen LogP contribution in [0.25, 0.3) is 0 Å². The normalized spacial score (nSPS) is 11.0. The molecule has 0 unspecified atom stereocenters. The van der Waals surface area contributed by atoms with Gasteiger partial charge in [-0.15, -0.1) is 0 Å². The summed E-state index contributed by atoms with van der Waals surface area (Å²) in [7, 11) is -3.46. The van der Waals surface area contributed by atoms with Crippen molar-refractivity contribution in [3.05, 3.63) is 53.6 Å². The molecule has 0 heterocycles. The molecule has 0 saturated heterocycles. The maximum atomic E-state index is 12.2. The summed E-state index contributed by atoms with van der Waals surface area (Å²) in [5.41, 5.74) is 3.85. The topological polar surface area (TPSA) is 95.6 Å². The number of sulfonamides is 1. The standard InChI is InChI=1S/C21H27N3O4S/c1-15-10-11-20(13-16(15)2)24(29(4,27)28)12-6-9-21(26)23-19-8-5-7-18(14-19)22-17(3)25/h5,7-8,10-11,13-14H,6,9,12H2,1-4H3,(H,22,25)(H,23,26). The molecule has 29 heavy (non-hydrogen) atoms. The number of carbonyl (C=O) groups excluding carboxylic acids is 2. The van der Waals surface area contributed by atoms with Crippen LogP contribution in [0.1, 0.15) is 30.9 Å². The first-order chi connectivity index (χ1) is 13.6. The molecule has 0 aliphatic carbocycles. The molecule has 2 amide bonds. The summed E-state index contributed by atoms with van der Waals surface area (Å²) in [6, 6.07) is 12.3. The largest absolute Gasteiger partial charge is 0.326 e. The minimum atomic E-state index is -3.46. The van der Waals surface area contributed by atoms with Gasteiger partial charge in [-0.1, -0.05) is 12.1 Å². The van der Waals surface area contributed by atoms with E-state index < -0.39 is 10.0 Å². The van der Waals surface area contributed by atoms with Crippen molar-refractivity contribution in [2.75, 3.05) is 27.7 Å². The molecule has 0 aromatic heterocycles. The fourth-order valence-corrected chi connectivity index (χ4v) is 3.81. The molecular weight excluding hydrogens is 390 g/mol. The number of aryl methyl sites for hydroxylation is 2. The Labute approximate surface area is 172 Å². The number of hydrogen-bond donors (Lipinski definition) is 2. The Bertz CT molecular complexity index is 1000. The van der Waals surface area contributed by atoms with Gasteiger partial charge in [0.25, 0.3) is 0 Å². The highest BCUT2D eigenvalue weighted by molar-refractivity contribution is 7.92. The second-order valence-electron chi connectivity index (χ2n) is 7.02. The molecule has 2 rings (SSSR count). The van der Waals surface area contributed by atoms with Crippen LogP contribution in [0.4, 0.5) is 17.1 Å². The van der Waals surface area contributed by atoms with E-state index in [-0.39, 0.29) is 24.8 Å². The molecule has 2 N–H and O–H groups in total. The molecular formula is C21H27N3O4S. The lowest BCUT2D eigenvalue weighted by Crippen LogP contribution is -2.31. The summed E-state index contributed by atoms with van der Waals surface area (Å²) in [4.78, 5) is 23.4. The highest BCUT2D eigenvalue weighted by Gasteiger charge is 2.18. The van der Waals surface area contributed by atoms with E-state index in [1.54, 1.807) is 30.3 Å². The quantitative estimate of drug-likeness (QED) is 0.688. The van der Waals surface area contributed by atoms with Crippen LogP contribution >= 0.6 is 0 Å². The Hall–Kier alpha value is -2.87. The number of hydrogen-bond acceptors (Lipinski definition) is 4. The number of amides is 2. The number of nitrogens with zero attached hydrogens (tertiary/aromatic N) is 1. The van der Waals surface area contributed by atoms with E-state index >= 15 is 0 Å². The predicted molar refractivity (Wildman–Crippen MR) is 117 cm³/mol. The van der Waals surface area contributed by atoms with Gasteiger partial charge >= 0.3 is 0 Å². The van der Waals surface area contributed by atoms with Crippen molar-refractivity contribution in [2.24, 2.45) is 0 Å². The average Bonchev–Trinajstić information content (AvgIpc) is 2.60. The lowest BCUT2D eigenvalue weighted by molar-refractivity contribution is -0.116. The minimum absolute atomic E-state index is 0.168. The first-order valence-electron chi connectivity index (χ1n) is 9.29. The van der Waals surface area contributed by atoms with E-state index in [0.717, 1.165) is 17.4 Å². The Morgan fingerprint density at radius 1 is 0.966 bits per heavy atom. The fraction of sp³-hybridized carbons (Fsp3) is 0.333. The fourth-order valence-electron chi connectivity index (χ4n) is 2.85. The van der Waals surface area contributed by atoms with Crippen molar-refractivity contribution in [1.82, 2.24) is 0 Å². The molecule has 8 heteroatoms. The van der Waals surface area contributed by atoms with Gasteiger partial charge in [-0.25, -0.2) is 8.42 Å². The van der Waals surface area contributed by atoms with Gasteiger partial charge in [-0.2, -0.15) is 0 Å². The summed E-state index contributed by atoms with van der Waals surface area (Å²) in [6.45, 7) is 5.52. The molecule has 156 valence electrons. The molecule has 0 saturated carbocycles. The molecule has 0 fully saturated rings. The second kappa shape index (κ2) is 9.56. The first-order valence-corrected chi connectivity index (χ1v) is 11.1. The van der Waals surface area contributed by atoms with Crippen LogP contribution in [0.2, 0.25) is 0 Å². The summed E-state index contributed by atoms with van der Waals surface area (Å²) in [5.74, 6) is -0.417. The van der Waals surface area contributed by atoms with Gasteiger partial charge in [0, 0.05) is 31.3 Å². The van der Waals surface area contributed by atoms with Crippen LogP contribution in [-0.2, 0) is 19.6 Å². The lowest BCUT2D eigenvalue weighted by atomic mass is 10.1. The van der Waals surface area contributed by atoms with Gasteiger partial charge in [-0.3, -0.25) is 13.9 Å². The van der Waals surface area contributed by atoms with E-state index in [4.69, 9.17) is 0 Å². The summed E-state index contributed by atoms with van der Waals surface area (Å²) >= 11 is 0. The van der Waals surface area contributed by atoms with Gasteiger partial charge in [-0.05, 0) is 61.7 Å². The first kappa shape index (κ1) is 22.4. The van der Waals surface area contributed by atoms with Crippen molar-refractivity contribution in [2.45, 2.75) is 33.6 Å². The molecule has 0 aliphatic heterocycles. The zero-order chi connectivity index (χ0) is 21.6. The number of anilines is 3. The molecule has 0 radical (unpaired) electrons. The van der Waals surface area contributed by atoms with Crippen molar-refractivity contribution in [1.29, 1.82) is 0 Å². The van der Waals surface area contributed by atoms with E-state index in [2.05, 4.69) is 10.6 Å². The lowest BCUT2D eigenvalue weighted by Gasteiger charge is -2.23. The SMILES string of the molecule is CC(=O)Nc1cccc(NC(=O)CCCN(c2ccc(C)c(C)c2)S(C)(=O)=O)c1. The average molecular weight is 418 g/mol. The molecule has 0 atom stereocenters. The minimum Gasteiger partial charge on any atom is -0.326 e. The van der Waals surface area contributed by atoms with Gasteiger partial charge in [0.05, 0.1) is 11.9 Å². The van der Waals surface area contributed by atoms with Crippen molar-refractivity contribution in [3.8, 4) is 0 Å². The maximum absolute atomic E-state index is 12.2. The monoisotopic (exact) mass is 417 g/mol. The molecule has 0 bridgehead atoms. The van der Waals surface area contributed by atoms with Crippen molar-refractivity contribution < 1.29 is 18.0 Å². The molecule has 0 spiro atoms. The third kappa shape index (κ3) is 6.90. The summed E-state index contributed by atoms with van der Waals surface area (Å²) in [5, 5.41) is 5.42. The summed E-state index contributed by atoms with van der Waals surface area (Å²) < 4.78 is 25.7. The van der Waals surface area contributed by atoms with E-state index in [1.807, 2.05) is 26.0 Å². The van der Waals surface area contributed by atoms with Crippen LogP contribution < -0.4 is 14.9 Å². The van der Waals surface area contributed by atoms with Gasteiger partial charge in [0.2, 0.25) is 21.8 Å². The maximum Gasteiger partial charge on any atom is 0.232 e. The molecule has 7 nitrogen and oxygen atoms in total. The number of rotatable bonds is 8. The van der Waals surface area contributed by atoms with Gasteiger partial charge in [0.1, 0.15) is 0 Å². The summed E-state index contributed by atoms with van der Waals surface area (Å²) in [6.07, 6.45) is 1.70. The van der Waals surface area contributed by atoms with Crippen molar-refractivity contribution in [3.63, 3.8) is 0 Å². The molecule has 2 aromatic rings. The smallest absolute Gasteiger partial charge is 0.232 e. The Morgan fingerprint density at radius 2 is 1.62 bits per heavy atom.